The van der Waals surface area contributed by atoms with Crippen LogP contribution in [-0.4, -0.2) is 5.91 Å². The molecule has 1 N–H and O–H groups in total. The van der Waals surface area contributed by atoms with Gasteiger partial charge in [-0.2, -0.15) is 5.26 Å². The number of benzene rings is 3. The molecule has 0 atom stereocenters. The third kappa shape index (κ3) is 6.09. The summed E-state index contributed by atoms with van der Waals surface area (Å²) in [4.78, 5) is 12.5. The Balaban J connectivity index is 1.72. The standard InChI is InChI=1S/C25H20ClIN2O2/c1-16-7-9-21(11-17(16)2)29-25(30)20(14-28)12-18-8-10-24(23(27)13-18)31-15-19-5-3-4-6-22(19)26/h3-13H,15H2,1-2H3,(H,29,30)/b20-12+. The van der Waals surface area contributed by atoms with Crippen LogP contribution in [0.4, 0.5) is 5.69 Å². The average Bonchev–Trinajstić information content (AvgIpc) is 2.75. The highest BCUT2D eigenvalue weighted by atomic mass is 127. The summed E-state index contributed by atoms with van der Waals surface area (Å²) in [6.07, 6.45) is 1.57. The second-order valence-electron chi connectivity index (χ2n) is 6.99. The van der Waals surface area contributed by atoms with E-state index in [9.17, 15) is 10.1 Å². The summed E-state index contributed by atoms with van der Waals surface area (Å²) in [6.45, 7) is 4.33. The molecule has 0 spiro atoms. The number of halogens is 2. The summed E-state index contributed by atoms with van der Waals surface area (Å²) in [5.74, 6) is 0.260. The third-order valence-electron chi connectivity index (χ3n) is 4.74. The van der Waals surface area contributed by atoms with E-state index >= 15 is 0 Å². The Morgan fingerprint density at radius 1 is 1.13 bits per heavy atom. The third-order valence-corrected chi connectivity index (χ3v) is 5.95. The number of carbonyl (C=O) groups excluding carboxylic acids is 1. The highest BCUT2D eigenvalue weighted by Gasteiger charge is 2.11. The molecule has 31 heavy (non-hydrogen) atoms. The van der Waals surface area contributed by atoms with E-state index in [0.717, 1.165) is 25.8 Å². The van der Waals surface area contributed by atoms with Crippen molar-refractivity contribution < 1.29 is 9.53 Å². The molecule has 0 aliphatic carbocycles. The number of amides is 1. The molecule has 3 rings (SSSR count). The number of rotatable bonds is 6. The Morgan fingerprint density at radius 3 is 2.58 bits per heavy atom. The normalized spacial score (nSPS) is 11.0. The van der Waals surface area contributed by atoms with E-state index in [-0.39, 0.29) is 5.57 Å². The van der Waals surface area contributed by atoms with Crippen LogP contribution < -0.4 is 10.1 Å². The number of aryl methyl sites for hydroxylation is 2. The highest BCUT2D eigenvalue weighted by molar-refractivity contribution is 14.1. The quantitative estimate of drug-likeness (QED) is 0.215. The highest BCUT2D eigenvalue weighted by Crippen LogP contribution is 2.26. The largest absolute Gasteiger partial charge is 0.488 e. The molecule has 156 valence electrons. The zero-order valence-corrected chi connectivity index (χ0v) is 20.0. The molecular formula is C25H20ClIN2O2. The van der Waals surface area contributed by atoms with Gasteiger partial charge in [-0.15, -0.1) is 0 Å². The summed E-state index contributed by atoms with van der Waals surface area (Å²) >= 11 is 8.34. The van der Waals surface area contributed by atoms with Crippen molar-refractivity contribution in [3.63, 3.8) is 0 Å². The lowest BCUT2D eigenvalue weighted by atomic mass is 10.1. The van der Waals surface area contributed by atoms with Gasteiger partial charge in [0.2, 0.25) is 0 Å². The Hall–Kier alpha value is -2.82. The van der Waals surface area contributed by atoms with E-state index < -0.39 is 5.91 Å². The first-order chi connectivity index (χ1) is 14.9. The van der Waals surface area contributed by atoms with Gasteiger partial charge < -0.3 is 10.1 Å². The van der Waals surface area contributed by atoms with E-state index in [1.807, 2.05) is 80.6 Å². The van der Waals surface area contributed by atoms with Crippen molar-refractivity contribution >= 4 is 51.9 Å². The van der Waals surface area contributed by atoms with Gasteiger partial charge in [0, 0.05) is 16.3 Å². The second kappa shape index (κ2) is 10.5. The number of hydrogen-bond donors (Lipinski definition) is 1. The second-order valence-corrected chi connectivity index (χ2v) is 8.56. The number of anilines is 1. The van der Waals surface area contributed by atoms with E-state index in [0.29, 0.717) is 23.1 Å². The fourth-order valence-electron chi connectivity index (χ4n) is 2.83. The Bertz CT molecular complexity index is 1200. The van der Waals surface area contributed by atoms with Crippen molar-refractivity contribution in [2.75, 3.05) is 5.32 Å². The van der Waals surface area contributed by atoms with Gasteiger partial charge in [-0.1, -0.05) is 41.9 Å². The van der Waals surface area contributed by atoms with Crippen LogP contribution >= 0.6 is 34.2 Å². The predicted octanol–water partition coefficient (Wildman–Crippen LogP) is 6.69. The van der Waals surface area contributed by atoms with E-state index in [4.69, 9.17) is 16.3 Å². The molecule has 6 heteroatoms. The van der Waals surface area contributed by atoms with E-state index in [1.165, 1.54) is 0 Å². The van der Waals surface area contributed by atoms with Gasteiger partial charge in [-0.05, 0) is 89.5 Å². The molecule has 0 radical (unpaired) electrons. The molecule has 0 aromatic heterocycles. The summed E-state index contributed by atoms with van der Waals surface area (Å²) in [6, 6.07) is 20.7. The monoisotopic (exact) mass is 542 g/mol. The van der Waals surface area contributed by atoms with Crippen LogP contribution in [-0.2, 0) is 11.4 Å². The molecule has 0 aliphatic rings. The average molecular weight is 543 g/mol. The van der Waals surface area contributed by atoms with Crippen LogP contribution in [0.2, 0.25) is 5.02 Å². The number of nitrogens with one attached hydrogen (secondary N) is 1. The maximum absolute atomic E-state index is 12.5. The van der Waals surface area contributed by atoms with Crippen LogP contribution in [0.1, 0.15) is 22.3 Å². The van der Waals surface area contributed by atoms with Gasteiger partial charge in [0.05, 0.1) is 3.57 Å². The van der Waals surface area contributed by atoms with Gasteiger partial charge >= 0.3 is 0 Å². The van der Waals surface area contributed by atoms with Crippen molar-refractivity contribution in [3.8, 4) is 11.8 Å². The topological polar surface area (TPSA) is 62.1 Å². The lowest BCUT2D eigenvalue weighted by Crippen LogP contribution is -2.13. The molecule has 0 heterocycles. The van der Waals surface area contributed by atoms with E-state index in [2.05, 4.69) is 27.9 Å². The molecule has 0 bridgehead atoms. The summed E-state index contributed by atoms with van der Waals surface area (Å²) in [5, 5.41) is 12.9. The Labute approximate surface area is 200 Å². The number of carbonyl (C=O) groups is 1. The molecule has 4 nitrogen and oxygen atoms in total. The van der Waals surface area contributed by atoms with Gasteiger partial charge in [-0.25, -0.2) is 0 Å². The molecule has 0 aliphatic heterocycles. The van der Waals surface area contributed by atoms with Crippen LogP contribution in [0.5, 0.6) is 5.75 Å². The van der Waals surface area contributed by atoms with Crippen LogP contribution in [0.3, 0.4) is 0 Å². The first-order valence-corrected chi connectivity index (χ1v) is 11.0. The number of hydrogen-bond acceptors (Lipinski definition) is 3. The zero-order valence-electron chi connectivity index (χ0n) is 17.1. The fraction of sp³-hybridized carbons (Fsp3) is 0.120. The first kappa shape index (κ1) is 22.9. The minimum Gasteiger partial charge on any atom is -0.488 e. The Kier molecular flexibility index (Phi) is 7.72. The number of nitrogens with zero attached hydrogens (tertiary/aromatic N) is 1. The molecule has 0 fully saturated rings. The van der Waals surface area contributed by atoms with Crippen molar-refractivity contribution in [3.05, 3.63) is 97.1 Å². The lowest BCUT2D eigenvalue weighted by molar-refractivity contribution is -0.112. The van der Waals surface area contributed by atoms with Gasteiger partial charge in [0.1, 0.15) is 24.0 Å². The SMILES string of the molecule is Cc1ccc(NC(=O)/C(C#N)=C/c2ccc(OCc3ccccc3Cl)c(I)c2)cc1C. The lowest BCUT2D eigenvalue weighted by Gasteiger charge is -2.10. The van der Waals surface area contributed by atoms with Crippen molar-refractivity contribution in [1.29, 1.82) is 5.26 Å². The summed E-state index contributed by atoms with van der Waals surface area (Å²) in [7, 11) is 0. The van der Waals surface area contributed by atoms with E-state index in [1.54, 1.807) is 6.08 Å². The fourth-order valence-corrected chi connectivity index (χ4v) is 3.71. The summed E-state index contributed by atoms with van der Waals surface area (Å²) < 4.78 is 6.75. The smallest absolute Gasteiger partial charge is 0.266 e. The van der Waals surface area contributed by atoms with Crippen LogP contribution in [0, 0.1) is 28.7 Å². The van der Waals surface area contributed by atoms with Gasteiger partial charge in [-0.3, -0.25) is 4.79 Å². The number of nitriles is 1. The van der Waals surface area contributed by atoms with Crippen LogP contribution in [0.25, 0.3) is 6.08 Å². The van der Waals surface area contributed by atoms with Crippen molar-refractivity contribution in [2.45, 2.75) is 20.5 Å². The zero-order chi connectivity index (χ0) is 22.4. The van der Waals surface area contributed by atoms with Crippen molar-refractivity contribution in [2.24, 2.45) is 0 Å². The van der Waals surface area contributed by atoms with Crippen molar-refractivity contribution in [1.82, 2.24) is 0 Å². The Morgan fingerprint density at radius 2 is 1.90 bits per heavy atom. The summed E-state index contributed by atoms with van der Waals surface area (Å²) in [5.41, 5.74) is 4.54. The molecule has 1 amide bonds. The molecule has 0 saturated carbocycles. The maximum Gasteiger partial charge on any atom is 0.266 e. The molecular weight excluding hydrogens is 523 g/mol. The minimum absolute atomic E-state index is 0.0266. The maximum atomic E-state index is 12.5. The molecule has 3 aromatic carbocycles. The van der Waals surface area contributed by atoms with Crippen LogP contribution in [0.15, 0.2) is 66.2 Å². The molecule has 3 aromatic rings. The van der Waals surface area contributed by atoms with Gasteiger partial charge in [0.25, 0.3) is 5.91 Å². The predicted molar refractivity (Wildman–Crippen MR) is 133 cm³/mol. The molecule has 0 saturated heterocycles. The van der Waals surface area contributed by atoms with Gasteiger partial charge in [0.15, 0.2) is 0 Å². The number of ether oxygens (including phenoxy) is 1. The minimum atomic E-state index is -0.445. The first-order valence-electron chi connectivity index (χ1n) is 9.53. The molecule has 0 unspecified atom stereocenters.